The number of thioether (sulfide) groups is 1. The number of benzene rings is 1. The molecule has 6 nitrogen and oxygen atoms in total. The summed E-state index contributed by atoms with van der Waals surface area (Å²) in [7, 11) is 0. The standard InChI is InChI=1S/C17H20F2N4O2S/c18-13-5-1-3-11(16(13)19)10-26-17-22-21-15(7-6-14(20)24)23(17)9-12-4-2-8-25-12/h1,3,5,12H,2,4,6-10H2,(H2,20,24). The smallest absolute Gasteiger partial charge is 0.217 e. The minimum absolute atomic E-state index is 0.0589. The number of rotatable bonds is 8. The molecule has 1 saturated heterocycles. The number of hydrogen-bond donors (Lipinski definition) is 1. The lowest BCUT2D eigenvalue weighted by atomic mass is 10.2. The van der Waals surface area contributed by atoms with E-state index in [1.54, 1.807) is 6.07 Å². The fourth-order valence-electron chi connectivity index (χ4n) is 2.82. The molecule has 0 saturated carbocycles. The van der Waals surface area contributed by atoms with Crippen molar-refractivity contribution in [2.75, 3.05) is 6.61 Å². The number of aryl methyl sites for hydroxylation is 1. The maximum Gasteiger partial charge on any atom is 0.217 e. The Kier molecular flexibility index (Phi) is 6.20. The van der Waals surface area contributed by atoms with E-state index in [4.69, 9.17) is 10.5 Å². The van der Waals surface area contributed by atoms with Crippen molar-refractivity contribution in [1.82, 2.24) is 14.8 Å². The van der Waals surface area contributed by atoms with E-state index < -0.39 is 17.5 Å². The highest BCUT2D eigenvalue weighted by Crippen LogP contribution is 2.26. The van der Waals surface area contributed by atoms with Crippen LogP contribution in [0.3, 0.4) is 0 Å². The molecule has 1 unspecified atom stereocenters. The first-order valence-corrected chi connectivity index (χ1v) is 9.41. The van der Waals surface area contributed by atoms with E-state index in [9.17, 15) is 13.6 Å². The number of carbonyl (C=O) groups excluding carboxylic acids is 1. The largest absolute Gasteiger partial charge is 0.376 e. The Hall–Kier alpha value is -2.00. The molecule has 0 bridgehead atoms. The third kappa shape index (κ3) is 4.59. The zero-order chi connectivity index (χ0) is 18.5. The van der Waals surface area contributed by atoms with E-state index in [0.717, 1.165) is 25.5 Å². The Balaban J connectivity index is 1.76. The first-order valence-electron chi connectivity index (χ1n) is 8.42. The predicted molar refractivity (Wildman–Crippen MR) is 92.4 cm³/mol. The second-order valence-corrected chi connectivity index (χ2v) is 7.05. The van der Waals surface area contributed by atoms with Crippen LogP contribution in [0.15, 0.2) is 23.4 Å². The van der Waals surface area contributed by atoms with Gasteiger partial charge in [-0.15, -0.1) is 10.2 Å². The molecule has 1 aromatic carbocycles. The lowest BCUT2D eigenvalue weighted by molar-refractivity contribution is -0.118. The fourth-order valence-corrected chi connectivity index (χ4v) is 3.77. The topological polar surface area (TPSA) is 83.0 Å². The SMILES string of the molecule is NC(=O)CCc1nnc(SCc2cccc(F)c2F)n1CC1CCCO1. The van der Waals surface area contributed by atoms with Crippen molar-refractivity contribution < 1.29 is 18.3 Å². The molecule has 0 spiro atoms. The number of primary amides is 1. The highest BCUT2D eigenvalue weighted by molar-refractivity contribution is 7.98. The van der Waals surface area contributed by atoms with E-state index in [0.29, 0.717) is 23.9 Å². The van der Waals surface area contributed by atoms with Crippen LogP contribution in [0.4, 0.5) is 8.78 Å². The predicted octanol–water partition coefficient (Wildman–Crippen LogP) is 2.45. The van der Waals surface area contributed by atoms with E-state index in [-0.39, 0.29) is 23.8 Å². The molecule has 1 atom stereocenters. The maximum atomic E-state index is 13.8. The number of ether oxygens (including phenoxy) is 1. The zero-order valence-corrected chi connectivity index (χ0v) is 15.0. The number of halogens is 2. The van der Waals surface area contributed by atoms with Crippen molar-refractivity contribution >= 4 is 17.7 Å². The molecular formula is C17H20F2N4O2S. The van der Waals surface area contributed by atoms with Crippen molar-refractivity contribution in [3.8, 4) is 0 Å². The molecule has 1 amide bonds. The van der Waals surface area contributed by atoms with Gasteiger partial charge in [-0.1, -0.05) is 23.9 Å². The molecule has 1 fully saturated rings. The summed E-state index contributed by atoms with van der Waals surface area (Å²) in [5.74, 6) is -1.26. The van der Waals surface area contributed by atoms with Crippen LogP contribution in [-0.4, -0.2) is 33.4 Å². The zero-order valence-electron chi connectivity index (χ0n) is 14.2. The molecule has 140 valence electrons. The molecule has 1 aliphatic heterocycles. The molecule has 2 aromatic rings. The number of carbonyl (C=O) groups is 1. The fraction of sp³-hybridized carbons (Fsp3) is 0.471. The Bertz CT molecular complexity index is 778. The second-order valence-electron chi connectivity index (χ2n) is 6.11. The van der Waals surface area contributed by atoms with Crippen LogP contribution in [0.25, 0.3) is 0 Å². The van der Waals surface area contributed by atoms with Gasteiger partial charge in [-0.25, -0.2) is 8.78 Å². The summed E-state index contributed by atoms with van der Waals surface area (Å²) in [4.78, 5) is 11.1. The summed E-state index contributed by atoms with van der Waals surface area (Å²) in [6.45, 7) is 1.29. The Morgan fingerprint density at radius 1 is 1.38 bits per heavy atom. The lowest BCUT2D eigenvalue weighted by Crippen LogP contribution is -2.19. The number of aromatic nitrogens is 3. The van der Waals surface area contributed by atoms with Gasteiger partial charge in [0, 0.05) is 30.8 Å². The van der Waals surface area contributed by atoms with Gasteiger partial charge in [0.1, 0.15) is 5.82 Å². The molecule has 9 heteroatoms. The minimum atomic E-state index is -0.869. The van der Waals surface area contributed by atoms with Crippen molar-refractivity contribution in [2.45, 2.75) is 49.2 Å². The van der Waals surface area contributed by atoms with Gasteiger partial charge in [0.05, 0.1) is 12.6 Å². The van der Waals surface area contributed by atoms with Gasteiger partial charge in [-0.3, -0.25) is 4.79 Å². The van der Waals surface area contributed by atoms with E-state index in [1.807, 2.05) is 4.57 Å². The van der Waals surface area contributed by atoms with E-state index in [2.05, 4.69) is 10.2 Å². The van der Waals surface area contributed by atoms with Crippen LogP contribution in [0.2, 0.25) is 0 Å². The van der Waals surface area contributed by atoms with Gasteiger partial charge in [0.2, 0.25) is 5.91 Å². The summed E-state index contributed by atoms with van der Waals surface area (Å²) in [6.07, 6.45) is 2.55. The third-order valence-corrected chi connectivity index (χ3v) is 5.20. The number of hydrogen-bond acceptors (Lipinski definition) is 5. The highest BCUT2D eigenvalue weighted by Gasteiger charge is 2.21. The summed E-state index contributed by atoms with van der Waals surface area (Å²) in [6, 6.07) is 4.11. The molecule has 1 aliphatic rings. The Morgan fingerprint density at radius 3 is 2.96 bits per heavy atom. The molecule has 2 heterocycles. The molecular weight excluding hydrogens is 362 g/mol. The molecule has 3 rings (SSSR count). The van der Waals surface area contributed by atoms with Crippen LogP contribution < -0.4 is 5.73 Å². The summed E-state index contributed by atoms with van der Waals surface area (Å²) in [5, 5.41) is 8.89. The first kappa shape index (κ1) is 18.8. The minimum Gasteiger partial charge on any atom is -0.376 e. The van der Waals surface area contributed by atoms with Crippen molar-refractivity contribution in [1.29, 1.82) is 0 Å². The highest BCUT2D eigenvalue weighted by atomic mass is 32.2. The van der Waals surface area contributed by atoms with E-state index in [1.165, 1.54) is 17.8 Å². The van der Waals surface area contributed by atoms with Crippen molar-refractivity contribution in [3.05, 3.63) is 41.2 Å². The van der Waals surface area contributed by atoms with Gasteiger partial charge in [-0.2, -0.15) is 0 Å². The van der Waals surface area contributed by atoms with Crippen LogP contribution in [0.5, 0.6) is 0 Å². The van der Waals surface area contributed by atoms with Crippen LogP contribution >= 0.6 is 11.8 Å². The van der Waals surface area contributed by atoms with Gasteiger partial charge in [0.25, 0.3) is 0 Å². The monoisotopic (exact) mass is 382 g/mol. The van der Waals surface area contributed by atoms with Crippen LogP contribution in [-0.2, 0) is 28.2 Å². The number of amides is 1. The summed E-state index contributed by atoms with van der Waals surface area (Å²) in [5.41, 5.74) is 5.49. The van der Waals surface area contributed by atoms with Crippen LogP contribution in [0, 0.1) is 11.6 Å². The van der Waals surface area contributed by atoms with Crippen LogP contribution in [0.1, 0.15) is 30.7 Å². The average Bonchev–Trinajstić information content (AvgIpc) is 3.25. The Morgan fingerprint density at radius 2 is 2.23 bits per heavy atom. The summed E-state index contributed by atoms with van der Waals surface area (Å²) < 4.78 is 34.8. The molecule has 2 N–H and O–H groups in total. The quantitative estimate of drug-likeness (QED) is 0.709. The van der Waals surface area contributed by atoms with Crippen molar-refractivity contribution in [3.63, 3.8) is 0 Å². The van der Waals surface area contributed by atoms with E-state index >= 15 is 0 Å². The van der Waals surface area contributed by atoms with Crippen molar-refractivity contribution in [2.24, 2.45) is 5.73 Å². The molecule has 0 aliphatic carbocycles. The lowest BCUT2D eigenvalue weighted by Gasteiger charge is -2.14. The maximum absolute atomic E-state index is 13.8. The summed E-state index contributed by atoms with van der Waals surface area (Å²) >= 11 is 1.27. The van der Waals surface area contributed by atoms with Gasteiger partial charge in [-0.05, 0) is 18.9 Å². The first-order chi connectivity index (χ1) is 12.5. The van der Waals surface area contributed by atoms with Gasteiger partial charge >= 0.3 is 0 Å². The normalized spacial score (nSPS) is 16.9. The molecule has 0 radical (unpaired) electrons. The Labute approximate surface area is 154 Å². The van der Waals surface area contributed by atoms with Gasteiger partial charge in [0.15, 0.2) is 16.8 Å². The number of nitrogens with two attached hydrogens (primary N) is 1. The number of nitrogens with zero attached hydrogens (tertiary/aromatic N) is 3. The average molecular weight is 382 g/mol. The molecule has 26 heavy (non-hydrogen) atoms. The second kappa shape index (κ2) is 8.59. The third-order valence-electron chi connectivity index (χ3n) is 4.19. The molecule has 1 aromatic heterocycles. The van der Waals surface area contributed by atoms with Gasteiger partial charge < -0.3 is 15.0 Å².